The van der Waals surface area contributed by atoms with Crippen LogP contribution in [-0.4, -0.2) is 59.0 Å². The number of carbonyl (C=O) groups is 1. The molecule has 0 aliphatic carbocycles. The highest BCUT2D eigenvalue weighted by Gasteiger charge is 2.26. The van der Waals surface area contributed by atoms with E-state index in [1.807, 2.05) is 18.2 Å². The highest BCUT2D eigenvalue weighted by Crippen LogP contribution is 2.27. The number of benzene rings is 1. The number of hydrogen-bond acceptors (Lipinski definition) is 6. The molecule has 0 radical (unpaired) electrons. The van der Waals surface area contributed by atoms with Gasteiger partial charge in [-0.05, 0) is 18.2 Å². The van der Waals surface area contributed by atoms with Gasteiger partial charge in [0.15, 0.2) is 0 Å². The number of amides is 1. The van der Waals surface area contributed by atoms with Gasteiger partial charge in [0.05, 0.1) is 5.71 Å². The lowest BCUT2D eigenvalue weighted by Crippen LogP contribution is -2.43. The Morgan fingerprint density at radius 3 is 2.90 bits per heavy atom. The minimum Gasteiger partial charge on any atom is -0.493 e. The zero-order chi connectivity index (χ0) is 20.4. The van der Waals surface area contributed by atoms with E-state index in [0.29, 0.717) is 31.3 Å². The quantitative estimate of drug-likeness (QED) is 0.693. The number of aromatic nitrogens is 1. The predicted octanol–water partition coefficient (Wildman–Crippen LogP) is 2.58. The first-order valence-corrected chi connectivity index (χ1v) is 10.0. The largest absolute Gasteiger partial charge is 0.493 e. The van der Waals surface area contributed by atoms with Gasteiger partial charge in [-0.3, -0.25) is 10.2 Å². The van der Waals surface area contributed by atoms with Gasteiger partial charge in [0.2, 0.25) is 11.8 Å². The Morgan fingerprint density at radius 2 is 2.14 bits per heavy atom. The van der Waals surface area contributed by atoms with Crippen molar-refractivity contribution >= 4 is 22.4 Å². The lowest BCUT2D eigenvalue weighted by atomic mass is 9.92. The van der Waals surface area contributed by atoms with Gasteiger partial charge in [-0.2, -0.15) is 0 Å². The second kappa shape index (κ2) is 8.21. The van der Waals surface area contributed by atoms with E-state index in [4.69, 9.17) is 10.1 Å². The Morgan fingerprint density at radius 1 is 1.34 bits per heavy atom. The van der Waals surface area contributed by atoms with E-state index >= 15 is 0 Å². The standard InChI is InChI=1S/C22H26N4O3/c1-14(27)26-8-5-20(25-16-6-9-29-10-7-16)19(13-26)22(23)17-4-2-3-15-11-21(28)24-12-18(15)17/h2-4,11-12,16,23,25H,5-10,13H2,1H3,(H,24,28). The molecule has 4 rings (SSSR count). The summed E-state index contributed by atoms with van der Waals surface area (Å²) in [5.41, 5.74) is 3.03. The smallest absolute Gasteiger partial charge is 0.219 e. The molecule has 29 heavy (non-hydrogen) atoms. The molecule has 0 bridgehead atoms. The van der Waals surface area contributed by atoms with Gasteiger partial charge in [-0.25, -0.2) is 4.98 Å². The lowest BCUT2D eigenvalue weighted by molar-refractivity contribution is -0.128. The Labute approximate surface area is 169 Å². The van der Waals surface area contributed by atoms with Crippen LogP contribution in [0, 0.1) is 5.41 Å². The Balaban J connectivity index is 1.72. The van der Waals surface area contributed by atoms with Crippen LogP contribution in [0.2, 0.25) is 0 Å². The third-order valence-corrected chi connectivity index (χ3v) is 5.71. The summed E-state index contributed by atoms with van der Waals surface area (Å²) in [6, 6.07) is 7.60. The van der Waals surface area contributed by atoms with E-state index < -0.39 is 0 Å². The SMILES string of the molecule is CC(=O)N1CCC(NC2CCOCC2)=C(C(=N)c2cccc3cc(O)ncc23)C1. The fraction of sp³-hybridized carbons (Fsp3) is 0.409. The van der Waals surface area contributed by atoms with Crippen LogP contribution < -0.4 is 5.32 Å². The minimum absolute atomic E-state index is 0.0184. The van der Waals surface area contributed by atoms with Gasteiger partial charge < -0.3 is 20.1 Å². The molecule has 0 atom stereocenters. The summed E-state index contributed by atoms with van der Waals surface area (Å²) in [7, 11) is 0. The van der Waals surface area contributed by atoms with Gasteiger partial charge in [-0.15, -0.1) is 0 Å². The number of nitrogens with one attached hydrogen (secondary N) is 2. The molecule has 2 aliphatic rings. The number of hydrogen-bond donors (Lipinski definition) is 3. The van der Waals surface area contributed by atoms with Crippen molar-refractivity contribution in [1.29, 1.82) is 5.41 Å². The van der Waals surface area contributed by atoms with Crippen molar-refractivity contribution in [3.8, 4) is 5.88 Å². The monoisotopic (exact) mass is 394 g/mol. The van der Waals surface area contributed by atoms with E-state index in [-0.39, 0.29) is 11.8 Å². The second-order valence-corrected chi connectivity index (χ2v) is 7.62. The minimum atomic E-state index is -0.0392. The predicted molar refractivity (Wildman–Crippen MR) is 111 cm³/mol. The maximum Gasteiger partial charge on any atom is 0.219 e. The van der Waals surface area contributed by atoms with E-state index in [2.05, 4.69) is 10.3 Å². The molecular formula is C22H26N4O3. The first-order chi connectivity index (χ1) is 14.0. The van der Waals surface area contributed by atoms with Crippen molar-refractivity contribution in [3.05, 3.63) is 47.3 Å². The first-order valence-electron chi connectivity index (χ1n) is 10.0. The summed E-state index contributed by atoms with van der Waals surface area (Å²) < 4.78 is 5.46. The maximum absolute atomic E-state index is 12.0. The van der Waals surface area contributed by atoms with Crippen molar-refractivity contribution in [2.75, 3.05) is 26.3 Å². The fourth-order valence-electron chi connectivity index (χ4n) is 4.05. The molecule has 152 valence electrons. The van der Waals surface area contributed by atoms with Crippen molar-refractivity contribution < 1.29 is 14.6 Å². The van der Waals surface area contributed by atoms with Crippen LogP contribution in [0.1, 0.15) is 31.7 Å². The molecule has 1 fully saturated rings. The number of aromatic hydroxyl groups is 1. The Bertz CT molecular complexity index is 979. The summed E-state index contributed by atoms with van der Waals surface area (Å²) >= 11 is 0. The summed E-state index contributed by atoms with van der Waals surface area (Å²) in [6.45, 7) is 4.14. The van der Waals surface area contributed by atoms with Crippen LogP contribution in [0.15, 0.2) is 41.7 Å². The van der Waals surface area contributed by atoms with Crippen LogP contribution in [0.3, 0.4) is 0 Å². The molecule has 7 nitrogen and oxygen atoms in total. The number of ether oxygens (including phenoxy) is 1. The topological polar surface area (TPSA) is 98.5 Å². The summed E-state index contributed by atoms with van der Waals surface area (Å²) in [5.74, 6) is -0.0207. The van der Waals surface area contributed by atoms with Gasteiger partial charge in [-0.1, -0.05) is 18.2 Å². The summed E-state index contributed by atoms with van der Waals surface area (Å²) in [6.07, 6.45) is 4.20. The highest BCUT2D eigenvalue weighted by molar-refractivity contribution is 6.18. The van der Waals surface area contributed by atoms with Crippen LogP contribution in [0.5, 0.6) is 5.88 Å². The number of carbonyl (C=O) groups excluding carboxylic acids is 1. The molecule has 1 aromatic carbocycles. The fourth-order valence-corrected chi connectivity index (χ4v) is 4.05. The molecule has 3 heterocycles. The Hall–Kier alpha value is -2.93. The highest BCUT2D eigenvalue weighted by atomic mass is 16.5. The third kappa shape index (κ3) is 4.10. The second-order valence-electron chi connectivity index (χ2n) is 7.62. The van der Waals surface area contributed by atoms with Gasteiger partial charge in [0.1, 0.15) is 0 Å². The lowest BCUT2D eigenvalue weighted by Gasteiger charge is -2.34. The average Bonchev–Trinajstić information content (AvgIpc) is 2.73. The van der Waals surface area contributed by atoms with Crippen LogP contribution in [-0.2, 0) is 9.53 Å². The first kappa shape index (κ1) is 19.4. The van der Waals surface area contributed by atoms with Crippen LogP contribution in [0.4, 0.5) is 0 Å². The van der Waals surface area contributed by atoms with E-state index in [9.17, 15) is 9.90 Å². The molecule has 0 spiro atoms. The van der Waals surface area contributed by atoms with Crippen molar-refractivity contribution in [2.24, 2.45) is 0 Å². The van der Waals surface area contributed by atoms with Gasteiger partial charge in [0, 0.05) is 80.2 Å². The maximum atomic E-state index is 12.0. The molecule has 7 heteroatoms. The van der Waals surface area contributed by atoms with Gasteiger partial charge >= 0.3 is 0 Å². The number of pyridine rings is 1. The zero-order valence-corrected chi connectivity index (χ0v) is 16.6. The summed E-state index contributed by atoms with van der Waals surface area (Å²) in [4.78, 5) is 17.8. The van der Waals surface area contributed by atoms with E-state index in [1.165, 1.54) is 0 Å². The molecule has 3 N–H and O–H groups in total. The van der Waals surface area contributed by atoms with Gasteiger partial charge in [0.25, 0.3) is 0 Å². The van der Waals surface area contributed by atoms with Crippen LogP contribution in [0.25, 0.3) is 10.8 Å². The summed E-state index contributed by atoms with van der Waals surface area (Å²) in [5, 5.41) is 24.0. The molecular weight excluding hydrogens is 368 g/mol. The number of fused-ring (bicyclic) bond motifs is 1. The van der Waals surface area contributed by atoms with E-state index in [1.54, 1.807) is 24.1 Å². The van der Waals surface area contributed by atoms with Crippen molar-refractivity contribution in [2.45, 2.75) is 32.2 Å². The molecule has 1 amide bonds. The molecule has 2 aliphatic heterocycles. The van der Waals surface area contributed by atoms with Crippen molar-refractivity contribution in [1.82, 2.24) is 15.2 Å². The normalized spacial score (nSPS) is 18.2. The Kier molecular flexibility index (Phi) is 5.49. The van der Waals surface area contributed by atoms with Crippen molar-refractivity contribution in [3.63, 3.8) is 0 Å². The molecule has 1 aromatic heterocycles. The van der Waals surface area contributed by atoms with Crippen LogP contribution >= 0.6 is 0 Å². The zero-order valence-electron chi connectivity index (χ0n) is 16.6. The molecule has 0 unspecified atom stereocenters. The third-order valence-electron chi connectivity index (χ3n) is 5.71. The number of rotatable bonds is 4. The molecule has 0 saturated carbocycles. The number of nitrogens with zero attached hydrogens (tertiary/aromatic N) is 2. The molecule has 2 aromatic rings. The average molecular weight is 394 g/mol. The molecule has 1 saturated heterocycles. The van der Waals surface area contributed by atoms with E-state index in [0.717, 1.165) is 53.7 Å².